The van der Waals surface area contributed by atoms with Gasteiger partial charge in [0.2, 0.25) is 11.8 Å². The number of carbonyl (C=O) groups is 2. The molecule has 29 heavy (non-hydrogen) atoms. The second-order valence-corrected chi connectivity index (χ2v) is 6.39. The fourth-order valence-electron chi connectivity index (χ4n) is 2.61. The first-order chi connectivity index (χ1) is 14.2. The van der Waals surface area contributed by atoms with Crippen LogP contribution in [0.25, 0.3) is 0 Å². The van der Waals surface area contributed by atoms with Gasteiger partial charge in [-0.05, 0) is 35.7 Å². The maximum atomic E-state index is 12.0. The molecule has 0 spiro atoms. The Labute approximate surface area is 169 Å². The zero-order valence-corrected chi connectivity index (χ0v) is 16.0. The third kappa shape index (κ3) is 6.80. The summed E-state index contributed by atoms with van der Waals surface area (Å²) in [7, 11) is 0. The van der Waals surface area contributed by atoms with Gasteiger partial charge in [0.1, 0.15) is 6.61 Å². The monoisotopic (exact) mass is 393 g/mol. The number of hydrogen-bond acceptors (Lipinski definition) is 5. The second-order valence-electron chi connectivity index (χ2n) is 6.39. The maximum Gasteiger partial charge on any atom is 0.286 e. The molecule has 0 aliphatic carbocycles. The molecule has 0 saturated heterocycles. The third-order valence-electron chi connectivity index (χ3n) is 4.13. The summed E-state index contributed by atoms with van der Waals surface area (Å²) in [6, 6.07) is 16.7. The number of rotatable bonds is 10. The van der Waals surface area contributed by atoms with Crippen LogP contribution >= 0.6 is 0 Å². The molecular weight excluding hydrogens is 370 g/mol. The lowest BCUT2D eigenvalue weighted by Crippen LogP contribution is -2.27. The Balaban J connectivity index is 1.35. The first kappa shape index (κ1) is 20.1. The molecule has 0 fully saturated rings. The molecule has 0 aliphatic rings. The van der Waals surface area contributed by atoms with E-state index in [1.807, 2.05) is 42.5 Å². The SMILES string of the molecule is O=C(CCCNC(=O)c1ccco1)NCc1ccnc(OCc2ccccc2)c1. The average molecular weight is 393 g/mol. The summed E-state index contributed by atoms with van der Waals surface area (Å²) in [6.45, 7) is 1.23. The average Bonchev–Trinajstić information content (AvgIpc) is 3.30. The molecule has 7 nitrogen and oxygen atoms in total. The van der Waals surface area contributed by atoms with E-state index in [4.69, 9.17) is 9.15 Å². The Bertz CT molecular complexity index is 911. The fraction of sp³-hybridized carbons (Fsp3) is 0.227. The van der Waals surface area contributed by atoms with Crippen LogP contribution in [0.2, 0.25) is 0 Å². The Morgan fingerprint density at radius 1 is 1.00 bits per heavy atom. The van der Waals surface area contributed by atoms with Crippen LogP contribution in [0.15, 0.2) is 71.5 Å². The van der Waals surface area contributed by atoms with E-state index in [1.54, 1.807) is 18.3 Å². The maximum absolute atomic E-state index is 12.0. The van der Waals surface area contributed by atoms with Crippen LogP contribution in [0, 0.1) is 0 Å². The number of nitrogens with zero attached hydrogens (tertiary/aromatic N) is 1. The number of benzene rings is 1. The molecule has 0 unspecified atom stereocenters. The largest absolute Gasteiger partial charge is 0.473 e. The topological polar surface area (TPSA) is 93.5 Å². The van der Waals surface area contributed by atoms with E-state index in [2.05, 4.69) is 15.6 Å². The summed E-state index contributed by atoms with van der Waals surface area (Å²) in [5.41, 5.74) is 1.97. The van der Waals surface area contributed by atoms with Gasteiger partial charge in [-0.25, -0.2) is 4.98 Å². The van der Waals surface area contributed by atoms with Gasteiger partial charge in [0.15, 0.2) is 5.76 Å². The molecule has 0 radical (unpaired) electrons. The van der Waals surface area contributed by atoms with Crippen molar-refractivity contribution in [3.63, 3.8) is 0 Å². The predicted molar refractivity (Wildman–Crippen MR) is 107 cm³/mol. The third-order valence-corrected chi connectivity index (χ3v) is 4.13. The number of nitrogens with one attached hydrogen (secondary N) is 2. The molecule has 7 heteroatoms. The van der Waals surface area contributed by atoms with E-state index in [9.17, 15) is 9.59 Å². The molecule has 0 atom stereocenters. The minimum atomic E-state index is -0.282. The van der Waals surface area contributed by atoms with E-state index in [1.165, 1.54) is 6.26 Å². The molecule has 1 aromatic carbocycles. The fourth-order valence-corrected chi connectivity index (χ4v) is 2.61. The van der Waals surface area contributed by atoms with Crippen molar-refractivity contribution in [1.82, 2.24) is 15.6 Å². The van der Waals surface area contributed by atoms with Gasteiger partial charge in [-0.2, -0.15) is 0 Å². The van der Waals surface area contributed by atoms with Crippen LogP contribution in [0.4, 0.5) is 0 Å². The number of aromatic nitrogens is 1. The van der Waals surface area contributed by atoms with Crippen LogP contribution in [-0.4, -0.2) is 23.3 Å². The number of furan rings is 1. The van der Waals surface area contributed by atoms with Gasteiger partial charge in [0.25, 0.3) is 5.91 Å². The van der Waals surface area contributed by atoms with Crippen LogP contribution in [0.1, 0.15) is 34.5 Å². The number of pyridine rings is 1. The first-order valence-corrected chi connectivity index (χ1v) is 9.41. The van der Waals surface area contributed by atoms with Crippen molar-refractivity contribution in [3.05, 3.63) is 83.9 Å². The van der Waals surface area contributed by atoms with Crippen LogP contribution < -0.4 is 15.4 Å². The van der Waals surface area contributed by atoms with Crippen molar-refractivity contribution in [2.75, 3.05) is 6.54 Å². The molecule has 0 aliphatic heterocycles. The minimum Gasteiger partial charge on any atom is -0.473 e. The summed E-state index contributed by atoms with van der Waals surface area (Å²) in [6.07, 6.45) is 3.96. The van der Waals surface area contributed by atoms with Gasteiger partial charge in [-0.1, -0.05) is 30.3 Å². The lowest BCUT2D eigenvalue weighted by atomic mass is 10.2. The highest BCUT2D eigenvalue weighted by Gasteiger charge is 2.08. The van der Waals surface area contributed by atoms with Crippen molar-refractivity contribution in [3.8, 4) is 5.88 Å². The van der Waals surface area contributed by atoms with E-state index in [0.717, 1.165) is 11.1 Å². The summed E-state index contributed by atoms with van der Waals surface area (Å²) < 4.78 is 10.7. The molecule has 0 bridgehead atoms. The van der Waals surface area contributed by atoms with Crippen molar-refractivity contribution in [2.45, 2.75) is 26.0 Å². The van der Waals surface area contributed by atoms with Crippen molar-refractivity contribution in [1.29, 1.82) is 0 Å². The Morgan fingerprint density at radius 2 is 1.86 bits per heavy atom. The molecule has 2 heterocycles. The van der Waals surface area contributed by atoms with E-state index < -0.39 is 0 Å². The normalized spacial score (nSPS) is 10.3. The van der Waals surface area contributed by atoms with Gasteiger partial charge >= 0.3 is 0 Å². The lowest BCUT2D eigenvalue weighted by molar-refractivity contribution is -0.121. The van der Waals surface area contributed by atoms with Gasteiger partial charge in [-0.3, -0.25) is 9.59 Å². The number of carbonyl (C=O) groups excluding carboxylic acids is 2. The standard InChI is InChI=1S/C22H23N3O4/c26-20(9-4-11-24-22(27)19-8-5-13-28-19)25-15-18-10-12-23-21(14-18)29-16-17-6-2-1-3-7-17/h1-3,5-8,10,12-14H,4,9,11,15-16H2,(H,24,27)(H,25,26). The van der Waals surface area contributed by atoms with E-state index >= 15 is 0 Å². The summed E-state index contributed by atoms with van der Waals surface area (Å²) in [5.74, 6) is 0.412. The molecule has 2 aromatic heterocycles. The van der Waals surface area contributed by atoms with Crippen molar-refractivity contribution in [2.24, 2.45) is 0 Å². The number of hydrogen-bond donors (Lipinski definition) is 2. The molecule has 2 amide bonds. The van der Waals surface area contributed by atoms with Gasteiger partial charge in [-0.15, -0.1) is 0 Å². The van der Waals surface area contributed by atoms with Crippen molar-refractivity contribution >= 4 is 11.8 Å². The van der Waals surface area contributed by atoms with E-state index in [0.29, 0.717) is 38.4 Å². The predicted octanol–water partition coefficient (Wildman–Crippen LogP) is 3.08. The molecular formula is C22H23N3O4. The van der Waals surface area contributed by atoms with Crippen LogP contribution in [-0.2, 0) is 17.9 Å². The minimum absolute atomic E-state index is 0.0826. The van der Waals surface area contributed by atoms with Gasteiger partial charge in [0.05, 0.1) is 6.26 Å². The molecule has 150 valence electrons. The summed E-state index contributed by atoms with van der Waals surface area (Å²) in [5, 5.41) is 5.57. The highest BCUT2D eigenvalue weighted by Crippen LogP contribution is 2.12. The molecule has 3 aromatic rings. The van der Waals surface area contributed by atoms with E-state index in [-0.39, 0.29) is 17.6 Å². The number of ether oxygens (including phenoxy) is 1. The second kappa shape index (κ2) is 10.7. The van der Waals surface area contributed by atoms with Crippen LogP contribution in [0.3, 0.4) is 0 Å². The Morgan fingerprint density at radius 3 is 2.66 bits per heavy atom. The van der Waals surface area contributed by atoms with Gasteiger partial charge < -0.3 is 19.8 Å². The quantitative estimate of drug-likeness (QED) is 0.516. The lowest BCUT2D eigenvalue weighted by Gasteiger charge is -2.09. The van der Waals surface area contributed by atoms with Gasteiger partial charge in [0, 0.05) is 31.8 Å². The zero-order valence-electron chi connectivity index (χ0n) is 16.0. The first-order valence-electron chi connectivity index (χ1n) is 9.41. The molecule has 2 N–H and O–H groups in total. The Hall–Kier alpha value is -3.61. The number of amides is 2. The summed E-state index contributed by atoms with van der Waals surface area (Å²) >= 11 is 0. The highest BCUT2D eigenvalue weighted by molar-refractivity contribution is 5.91. The molecule has 3 rings (SSSR count). The highest BCUT2D eigenvalue weighted by atomic mass is 16.5. The summed E-state index contributed by atoms with van der Waals surface area (Å²) in [4.78, 5) is 27.9. The smallest absolute Gasteiger partial charge is 0.286 e. The van der Waals surface area contributed by atoms with Crippen molar-refractivity contribution < 1.29 is 18.7 Å². The zero-order chi connectivity index (χ0) is 20.3. The van der Waals surface area contributed by atoms with Crippen LogP contribution in [0.5, 0.6) is 5.88 Å². The Kier molecular flexibility index (Phi) is 7.40. The molecule has 0 saturated carbocycles.